The van der Waals surface area contributed by atoms with Gasteiger partial charge in [0.25, 0.3) is 5.91 Å². The summed E-state index contributed by atoms with van der Waals surface area (Å²) in [5, 5.41) is 31.8. The Morgan fingerprint density at radius 1 is 0.760 bits per heavy atom. The van der Waals surface area contributed by atoms with Gasteiger partial charge in [-0.15, -0.1) is 0 Å². The molecule has 0 fully saturated rings. The maximum absolute atomic E-state index is 13.7. The average molecular weight is 697 g/mol. The van der Waals surface area contributed by atoms with Crippen molar-refractivity contribution >= 4 is 29.6 Å². The Kier molecular flexibility index (Phi) is 15.9. The van der Waals surface area contributed by atoms with Gasteiger partial charge in [-0.05, 0) is 68.7 Å². The summed E-state index contributed by atoms with van der Waals surface area (Å²) in [7, 11) is 0. The summed E-state index contributed by atoms with van der Waals surface area (Å²) < 4.78 is 5.89. The lowest BCUT2D eigenvalue weighted by molar-refractivity contribution is -0.143. The standard InChI is InChI=1S/C38H56N4O8/c1-10-24(6)33(36(47)42-32(23(4)5)37(48)49)40-30(44)21-29(43)28(19-25-15-12-11-13-16-25)39-35(46)31(22(2)3)41-34(45)26-17-14-18-27(20-26)50-38(7,8)9/h11-18,20,22-24,28-29,31-33,43H,10,19,21H2,1-9H3,(H,39,46)(H,40,44)(H,41,45)(H,42,47)(H,48,49)/t24-,28?,29?,31-,32-,33-/m0/s1. The molecule has 2 aromatic carbocycles. The summed E-state index contributed by atoms with van der Waals surface area (Å²) in [6, 6.07) is 11.7. The number of hydrogen-bond acceptors (Lipinski definition) is 7. The number of carbonyl (C=O) groups excluding carboxylic acids is 4. The van der Waals surface area contributed by atoms with E-state index >= 15 is 0 Å². The van der Waals surface area contributed by atoms with E-state index in [0.29, 0.717) is 17.7 Å². The Morgan fingerprint density at radius 2 is 1.36 bits per heavy atom. The van der Waals surface area contributed by atoms with E-state index in [2.05, 4.69) is 21.3 Å². The van der Waals surface area contributed by atoms with Crippen LogP contribution in [0.25, 0.3) is 0 Å². The molecule has 12 nitrogen and oxygen atoms in total. The fourth-order valence-electron chi connectivity index (χ4n) is 5.26. The van der Waals surface area contributed by atoms with E-state index in [1.807, 2.05) is 58.0 Å². The first kappa shape index (κ1) is 41.7. The molecule has 12 heteroatoms. The Bertz CT molecular complexity index is 1440. The van der Waals surface area contributed by atoms with Crippen molar-refractivity contribution in [3.8, 4) is 5.75 Å². The molecule has 0 aliphatic rings. The molecule has 4 amide bonds. The SMILES string of the molecule is CC[C@H](C)[C@H](NC(=O)CC(O)C(Cc1ccccc1)NC(=O)[C@@H](NC(=O)c1cccc(OC(C)(C)C)c1)C(C)C)C(=O)N[C@H](C(=O)O)C(C)C. The first-order valence-corrected chi connectivity index (χ1v) is 17.3. The Hall–Kier alpha value is -4.45. The minimum absolute atomic E-state index is 0.177. The molecule has 2 rings (SSSR count). The molecule has 0 aliphatic heterocycles. The molecule has 6 atom stereocenters. The van der Waals surface area contributed by atoms with Gasteiger partial charge in [0.15, 0.2) is 0 Å². The number of rotatable bonds is 18. The second-order valence-corrected chi connectivity index (χ2v) is 14.5. The fourth-order valence-corrected chi connectivity index (χ4v) is 5.26. The van der Waals surface area contributed by atoms with Crippen molar-refractivity contribution < 1.29 is 38.9 Å². The topological polar surface area (TPSA) is 183 Å². The third-order valence-electron chi connectivity index (χ3n) is 8.28. The monoisotopic (exact) mass is 696 g/mol. The van der Waals surface area contributed by atoms with Gasteiger partial charge in [-0.3, -0.25) is 19.2 Å². The molecule has 0 saturated heterocycles. The molecular formula is C38H56N4O8. The number of carbonyl (C=O) groups is 5. The molecule has 2 aromatic rings. The molecule has 6 N–H and O–H groups in total. The van der Waals surface area contributed by atoms with Crippen LogP contribution in [0.15, 0.2) is 54.6 Å². The highest BCUT2D eigenvalue weighted by Crippen LogP contribution is 2.20. The third kappa shape index (κ3) is 13.5. The van der Waals surface area contributed by atoms with Crippen molar-refractivity contribution in [2.24, 2.45) is 17.8 Å². The zero-order valence-corrected chi connectivity index (χ0v) is 30.8. The van der Waals surface area contributed by atoms with Crippen LogP contribution in [0.1, 0.15) is 91.1 Å². The Labute approximate surface area is 296 Å². The first-order chi connectivity index (χ1) is 23.3. The van der Waals surface area contributed by atoms with Crippen LogP contribution in [0.2, 0.25) is 0 Å². The first-order valence-electron chi connectivity index (χ1n) is 17.3. The molecule has 0 heterocycles. The summed E-state index contributed by atoms with van der Waals surface area (Å²) in [5.41, 5.74) is 0.633. The van der Waals surface area contributed by atoms with Gasteiger partial charge in [0, 0.05) is 5.56 Å². The minimum atomic E-state index is -1.38. The molecule has 0 aromatic heterocycles. The maximum atomic E-state index is 13.7. The largest absolute Gasteiger partial charge is 0.488 e. The third-order valence-corrected chi connectivity index (χ3v) is 8.28. The summed E-state index contributed by atoms with van der Waals surface area (Å²) in [4.78, 5) is 65.2. The summed E-state index contributed by atoms with van der Waals surface area (Å²) in [6.45, 7) is 16.2. The van der Waals surface area contributed by atoms with Crippen LogP contribution >= 0.6 is 0 Å². The Morgan fingerprint density at radius 3 is 1.90 bits per heavy atom. The lowest BCUT2D eigenvalue weighted by atomic mass is 9.95. The van der Waals surface area contributed by atoms with Crippen LogP contribution in [0.3, 0.4) is 0 Å². The van der Waals surface area contributed by atoms with Crippen LogP contribution in [0.4, 0.5) is 0 Å². The zero-order valence-electron chi connectivity index (χ0n) is 30.8. The summed E-state index contributed by atoms with van der Waals surface area (Å²) in [6.07, 6.45) is -1.14. The number of benzene rings is 2. The van der Waals surface area contributed by atoms with Gasteiger partial charge >= 0.3 is 5.97 Å². The lowest BCUT2D eigenvalue weighted by Gasteiger charge is -2.30. The van der Waals surface area contributed by atoms with Crippen molar-refractivity contribution in [1.82, 2.24) is 21.3 Å². The molecule has 50 heavy (non-hydrogen) atoms. The smallest absolute Gasteiger partial charge is 0.326 e. The summed E-state index contributed by atoms with van der Waals surface area (Å²) >= 11 is 0. The molecule has 0 saturated carbocycles. The van der Waals surface area contributed by atoms with Gasteiger partial charge < -0.3 is 36.2 Å². The number of ether oxygens (including phenoxy) is 1. The molecular weight excluding hydrogens is 640 g/mol. The molecule has 0 aliphatic carbocycles. The van der Waals surface area contributed by atoms with Crippen LogP contribution in [-0.2, 0) is 25.6 Å². The quantitative estimate of drug-likeness (QED) is 0.136. The van der Waals surface area contributed by atoms with Crippen molar-refractivity contribution in [3.05, 3.63) is 65.7 Å². The van der Waals surface area contributed by atoms with Crippen LogP contribution in [0.5, 0.6) is 5.75 Å². The van der Waals surface area contributed by atoms with Gasteiger partial charge in [0.1, 0.15) is 29.5 Å². The highest BCUT2D eigenvalue weighted by molar-refractivity contribution is 5.98. The molecule has 0 radical (unpaired) electrons. The highest BCUT2D eigenvalue weighted by atomic mass is 16.5. The highest BCUT2D eigenvalue weighted by Gasteiger charge is 2.34. The molecule has 0 spiro atoms. The van der Waals surface area contributed by atoms with Crippen LogP contribution in [-0.4, -0.2) is 75.7 Å². The van der Waals surface area contributed by atoms with Crippen molar-refractivity contribution in [2.45, 2.75) is 117 Å². The van der Waals surface area contributed by atoms with E-state index in [-0.39, 0.29) is 24.2 Å². The maximum Gasteiger partial charge on any atom is 0.326 e. The van der Waals surface area contributed by atoms with Crippen LogP contribution in [0, 0.1) is 17.8 Å². The fraction of sp³-hybridized carbons (Fsp3) is 0.553. The number of amides is 4. The molecule has 276 valence electrons. The second kappa shape index (κ2) is 19.1. The van der Waals surface area contributed by atoms with Crippen molar-refractivity contribution in [1.29, 1.82) is 0 Å². The predicted octanol–water partition coefficient (Wildman–Crippen LogP) is 3.85. The number of carboxylic acids is 1. The average Bonchev–Trinajstić information content (AvgIpc) is 3.03. The van der Waals surface area contributed by atoms with Gasteiger partial charge in [-0.2, -0.15) is 0 Å². The van der Waals surface area contributed by atoms with E-state index in [4.69, 9.17) is 4.74 Å². The molecule has 2 unspecified atom stereocenters. The van der Waals surface area contributed by atoms with Gasteiger partial charge in [0.05, 0.1) is 18.6 Å². The van der Waals surface area contributed by atoms with E-state index in [0.717, 1.165) is 5.56 Å². The van der Waals surface area contributed by atoms with E-state index < -0.39 is 71.9 Å². The molecule has 0 bridgehead atoms. The predicted molar refractivity (Wildman–Crippen MR) is 191 cm³/mol. The number of nitrogens with one attached hydrogen (secondary N) is 4. The number of hydrogen-bond donors (Lipinski definition) is 6. The van der Waals surface area contributed by atoms with E-state index in [1.54, 1.807) is 58.9 Å². The van der Waals surface area contributed by atoms with Gasteiger partial charge in [-0.25, -0.2) is 4.79 Å². The number of aliphatic carboxylic acids is 1. The normalized spacial score (nSPS) is 15.2. The number of aliphatic hydroxyl groups excluding tert-OH is 1. The zero-order chi connectivity index (χ0) is 37.8. The van der Waals surface area contributed by atoms with Crippen molar-refractivity contribution in [3.63, 3.8) is 0 Å². The minimum Gasteiger partial charge on any atom is -0.488 e. The number of carboxylic acid groups (broad SMARTS) is 1. The van der Waals surface area contributed by atoms with E-state index in [1.165, 1.54) is 0 Å². The summed E-state index contributed by atoms with van der Waals surface area (Å²) in [5.74, 6) is -4.03. The number of aliphatic hydroxyl groups is 1. The van der Waals surface area contributed by atoms with Gasteiger partial charge in [-0.1, -0.05) is 84.4 Å². The Balaban J connectivity index is 2.26. The van der Waals surface area contributed by atoms with Gasteiger partial charge in [0.2, 0.25) is 17.7 Å². The van der Waals surface area contributed by atoms with Crippen LogP contribution < -0.4 is 26.0 Å². The van der Waals surface area contributed by atoms with Crippen molar-refractivity contribution in [2.75, 3.05) is 0 Å². The second-order valence-electron chi connectivity index (χ2n) is 14.5. The van der Waals surface area contributed by atoms with E-state index in [9.17, 15) is 34.2 Å². The lowest BCUT2D eigenvalue weighted by Crippen LogP contribution is -2.57.